The molecule has 0 atom stereocenters. The molecule has 144 valence electrons. The highest BCUT2D eigenvalue weighted by molar-refractivity contribution is 6.06. The van der Waals surface area contributed by atoms with Crippen LogP contribution in [0.2, 0.25) is 0 Å². The zero-order chi connectivity index (χ0) is 20.2. The molecular formula is C23H19N3O3. The fourth-order valence-electron chi connectivity index (χ4n) is 2.77. The molecule has 0 aliphatic heterocycles. The van der Waals surface area contributed by atoms with E-state index in [4.69, 9.17) is 9.15 Å². The molecule has 4 rings (SSSR count). The monoisotopic (exact) mass is 385 g/mol. The third-order valence-corrected chi connectivity index (χ3v) is 4.37. The Balaban J connectivity index is 1.57. The van der Waals surface area contributed by atoms with Crippen LogP contribution in [0.4, 0.5) is 5.69 Å². The Labute approximate surface area is 168 Å². The number of hydrogen-bond donors (Lipinski definition) is 1. The molecule has 4 aromatic rings. The summed E-state index contributed by atoms with van der Waals surface area (Å²) < 4.78 is 11.5. The molecule has 0 fully saturated rings. The van der Waals surface area contributed by atoms with E-state index in [1.807, 2.05) is 50.2 Å². The summed E-state index contributed by atoms with van der Waals surface area (Å²) in [5.74, 6) is 1.82. The predicted molar refractivity (Wildman–Crippen MR) is 110 cm³/mol. The molecule has 6 heteroatoms. The number of oxazole rings is 1. The Morgan fingerprint density at radius 2 is 1.83 bits per heavy atom. The lowest BCUT2D eigenvalue weighted by Gasteiger charge is -2.10. The van der Waals surface area contributed by atoms with Gasteiger partial charge in [0.25, 0.3) is 5.91 Å². The number of carbonyl (C=O) groups excluding carboxylic acids is 1. The first-order chi connectivity index (χ1) is 14.1. The second-order valence-electron chi connectivity index (χ2n) is 6.47. The third kappa shape index (κ3) is 4.16. The van der Waals surface area contributed by atoms with E-state index in [-0.39, 0.29) is 11.8 Å². The van der Waals surface area contributed by atoms with Gasteiger partial charge in [-0.25, -0.2) is 9.97 Å². The largest absolute Gasteiger partial charge is 0.441 e. The van der Waals surface area contributed by atoms with E-state index in [9.17, 15) is 4.79 Å². The minimum atomic E-state index is -0.319. The third-order valence-electron chi connectivity index (χ3n) is 4.37. The van der Waals surface area contributed by atoms with Crippen molar-refractivity contribution < 1.29 is 13.9 Å². The molecule has 0 spiro atoms. The average molecular weight is 385 g/mol. The van der Waals surface area contributed by atoms with Crippen molar-refractivity contribution in [3.63, 3.8) is 0 Å². The lowest BCUT2D eigenvalue weighted by atomic mass is 10.2. The minimum Gasteiger partial charge on any atom is -0.441 e. The van der Waals surface area contributed by atoms with Gasteiger partial charge >= 0.3 is 0 Å². The summed E-state index contributed by atoms with van der Waals surface area (Å²) in [6, 6.07) is 19.9. The van der Waals surface area contributed by atoms with Gasteiger partial charge in [0.05, 0.1) is 5.69 Å². The number of amides is 1. The number of carbonyl (C=O) groups is 1. The maximum absolute atomic E-state index is 12.9. The zero-order valence-corrected chi connectivity index (χ0v) is 16.0. The van der Waals surface area contributed by atoms with E-state index in [1.165, 1.54) is 0 Å². The SMILES string of the molecule is Cc1nc(-c2cccc(NC(=O)c3cccnc3Oc3ccccc3)c2)oc1C. The van der Waals surface area contributed by atoms with Gasteiger partial charge in [0.15, 0.2) is 0 Å². The van der Waals surface area contributed by atoms with Crippen molar-refractivity contribution in [2.75, 3.05) is 5.32 Å². The number of rotatable bonds is 5. The Hall–Kier alpha value is -3.93. The van der Waals surface area contributed by atoms with Crippen LogP contribution in [0.15, 0.2) is 77.3 Å². The van der Waals surface area contributed by atoms with E-state index >= 15 is 0 Å². The molecule has 29 heavy (non-hydrogen) atoms. The molecular weight excluding hydrogens is 366 g/mol. The molecule has 0 radical (unpaired) electrons. The van der Waals surface area contributed by atoms with Crippen molar-refractivity contribution in [2.45, 2.75) is 13.8 Å². The number of anilines is 1. The van der Waals surface area contributed by atoms with Crippen LogP contribution in [-0.2, 0) is 0 Å². The molecule has 0 bridgehead atoms. The number of nitrogens with one attached hydrogen (secondary N) is 1. The molecule has 2 aromatic carbocycles. The first kappa shape index (κ1) is 18.4. The van der Waals surface area contributed by atoms with E-state index in [2.05, 4.69) is 15.3 Å². The summed E-state index contributed by atoms with van der Waals surface area (Å²) in [5, 5.41) is 2.89. The highest BCUT2D eigenvalue weighted by atomic mass is 16.5. The van der Waals surface area contributed by atoms with Gasteiger partial charge in [0, 0.05) is 17.4 Å². The van der Waals surface area contributed by atoms with Gasteiger partial charge < -0.3 is 14.5 Å². The number of ether oxygens (including phenoxy) is 1. The van der Waals surface area contributed by atoms with Gasteiger partial charge in [-0.2, -0.15) is 0 Å². The van der Waals surface area contributed by atoms with E-state index in [0.29, 0.717) is 22.9 Å². The Morgan fingerprint density at radius 1 is 1.00 bits per heavy atom. The van der Waals surface area contributed by atoms with Crippen molar-refractivity contribution in [3.05, 3.63) is 89.9 Å². The fourth-order valence-corrected chi connectivity index (χ4v) is 2.77. The highest BCUT2D eigenvalue weighted by Crippen LogP contribution is 2.26. The molecule has 2 heterocycles. The van der Waals surface area contributed by atoms with Gasteiger partial charge in [-0.3, -0.25) is 4.79 Å². The smallest absolute Gasteiger partial charge is 0.261 e. The highest BCUT2D eigenvalue weighted by Gasteiger charge is 2.15. The van der Waals surface area contributed by atoms with Crippen LogP contribution < -0.4 is 10.1 Å². The molecule has 0 aliphatic rings. The van der Waals surface area contributed by atoms with Crippen LogP contribution >= 0.6 is 0 Å². The van der Waals surface area contributed by atoms with Gasteiger partial charge in [-0.05, 0) is 56.3 Å². The fraction of sp³-hybridized carbons (Fsp3) is 0.0870. The molecule has 0 unspecified atom stereocenters. The Bertz CT molecular complexity index is 1130. The maximum Gasteiger partial charge on any atom is 0.261 e. The Kier molecular flexibility index (Phi) is 5.07. The quantitative estimate of drug-likeness (QED) is 0.498. The predicted octanol–water partition coefficient (Wildman–Crippen LogP) is 5.40. The number of benzene rings is 2. The summed E-state index contributed by atoms with van der Waals surface area (Å²) >= 11 is 0. The summed E-state index contributed by atoms with van der Waals surface area (Å²) in [6.07, 6.45) is 1.59. The lowest BCUT2D eigenvalue weighted by molar-refractivity contribution is 0.102. The van der Waals surface area contributed by atoms with Crippen LogP contribution in [-0.4, -0.2) is 15.9 Å². The van der Waals surface area contributed by atoms with Gasteiger partial charge in [-0.15, -0.1) is 0 Å². The van der Waals surface area contributed by atoms with Crippen LogP contribution in [0.25, 0.3) is 11.5 Å². The van der Waals surface area contributed by atoms with Crippen molar-refractivity contribution in [1.82, 2.24) is 9.97 Å². The van der Waals surface area contributed by atoms with Gasteiger partial charge in [0.2, 0.25) is 11.8 Å². The summed E-state index contributed by atoms with van der Waals surface area (Å²) in [6.45, 7) is 3.76. The molecule has 1 N–H and O–H groups in total. The van der Waals surface area contributed by atoms with Crippen LogP contribution in [0.3, 0.4) is 0 Å². The van der Waals surface area contributed by atoms with E-state index in [0.717, 1.165) is 17.0 Å². The molecule has 6 nitrogen and oxygen atoms in total. The lowest BCUT2D eigenvalue weighted by Crippen LogP contribution is -2.13. The van der Waals surface area contributed by atoms with Crippen molar-refractivity contribution >= 4 is 11.6 Å². The number of nitrogens with zero attached hydrogens (tertiary/aromatic N) is 2. The molecule has 2 aromatic heterocycles. The average Bonchev–Trinajstić information content (AvgIpc) is 3.08. The van der Waals surface area contributed by atoms with Gasteiger partial charge in [-0.1, -0.05) is 24.3 Å². The molecule has 1 amide bonds. The van der Waals surface area contributed by atoms with Crippen molar-refractivity contribution in [1.29, 1.82) is 0 Å². The van der Waals surface area contributed by atoms with Crippen LogP contribution in [0, 0.1) is 13.8 Å². The summed E-state index contributed by atoms with van der Waals surface area (Å²) in [7, 11) is 0. The first-order valence-electron chi connectivity index (χ1n) is 9.14. The number of aromatic nitrogens is 2. The number of hydrogen-bond acceptors (Lipinski definition) is 5. The van der Waals surface area contributed by atoms with E-state index in [1.54, 1.807) is 36.5 Å². The number of pyridine rings is 1. The van der Waals surface area contributed by atoms with Crippen LogP contribution in [0.1, 0.15) is 21.8 Å². The molecule has 0 saturated heterocycles. The second kappa shape index (κ2) is 7.98. The van der Waals surface area contributed by atoms with Crippen LogP contribution in [0.5, 0.6) is 11.6 Å². The van der Waals surface area contributed by atoms with Crippen molar-refractivity contribution in [3.8, 4) is 23.1 Å². The number of para-hydroxylation sites is 1. The summed E-state index contributed by atoms with van der Waals surface area (Å²) in [4.78, 5) is 21.5. The topological polar surface area (TPSA) is 77.2 Å². The first-order valence-corrected chi connectivity index (χ1v) is 9.14. The normalized spacial score (nSPS) is 10.6. The standard InChI is InChI=1S/C23H19N3O3/c1-15-16(2)28-22(25-15)17-8-6-9-18(14-17)26-21(27)20-12-7-13-24-23(20)29-19-10-4-3-5-11-19/h3-14H,1-2H3,(H,26,27). The number of aryl methyl sites for hydroxylation is 2. The molecule has 0 saturated carbocycles. The van der Waals surface area contributed by atoms with E-state index < -0.39 is 0 Å². The zero-order valence-electron chi connectivity index (χ0n) is 16.0. The minimum absolute atomic E-state index is 0.242. The van der Waals surface area contributed by atoms with Crippen molar-refractivity contribution in [2.24, 2.45) is 0 Å². The second-order valence-corrected chi connectivity index (χ2v) is 6.47. The Morgan fingerprint density at radius 3 is 2.59 bits per heavy atom. The molecule has 0 aliphatic carbocycles. The van der Waals surface area contributed by atoms with Gasteiger partial charge in [0.1, 0.15) is 17.1 Å². The summed E-state index contributed by atoms with van der Waals surface area (Å²) in [5.41, 5.74) is 2.58. The maximum atomic E-state index is 12.9.